The molecule has 0 atom stereocenters. The second-order valence-corrected chi connectivity index (χ2v) is 6.64. The van der Waals surface area contributed by atoms with Gasteiger partial charge in [0.25, 0.3) is 0 Å². The van der Waals surface area contributed by atoms with Gasteiger partial charge in [0.2, 0.25) is 0 Å². The van der Waals surface area contributed by atoms with Gasteiger partial charge in [0.15, 0.2) is 0 Å². The van der Waals surface area contributed by atoms with Crippen LogP contribution in [0.1, 0.15) is 12.8 Å². The normalized spacial score (nSPS) is 18.8. The summed E-state index contributed by atoms with van der Waals surface area (Å²) in [5.74, 6) is 0. The van der Waals surface area contributed by atoms with Crippen LogP contribution in [0.3, 0.4) is 0 Å². The Balaban J connectivity index is 1.88. The van der Waals surface area contributed by atoms with E-state index in [0.29, 0.717) is 0 Å². The van der Waals surface area contributed by atoms with Crippen molar-refractivity contribution >= 4 is 27.9 Å². The standard InChI is InChI=1S/C13H19BrN2S/c1-15(2)11-7-9-16(10-8-11)17-13-6-4-3-5-12(13)14/h3-6,11H,7-10H2,1-2H3. The van der Waals surface area contributed by atoms with Crippen molar-refractivity contribution in [1.82, 2.24) is 9.21 Å². The first-order chi connectivity index (χ1) is 8.16. The first-order valence-corrected chi connectivity index (χ1v) is 7.57. The molecule has 0 aromatic heterocycles. The zero-order valence-corrected chi connectivity index (χ0v) is 12.8. The van der Waals surface area contributed by atoms with Gasteiger partial charge in [-0.15, -0.1) is 0 Å². The molecule has 2 rings (SSSR count). The highest BCUT2D eigenvalue weighted by Crippen LogP contribution is 2.32. The van der Waals surface area contributed by atoms with E-state index < -0.39 is 0 Å². The SMILES string of the molecule is CN(C)C1CCN(Sc2ccccc2Br)CC1. The fourth-order valence-electron chi connectivity index (χ4n) is 2.11. The van der Waals surface area contributed by atoms with Gasteiger partial charge in [-0.3, -0.25) is 0 Å². The van der Waals surface area contributed by atoms with E-state index in [9.17, 15) is 0 Å². The summed E-state index contributed by atoms with van der Waals surface area (Å²) < 4.78 is 3.67. The summed E-state index contributed by atoms with van der Waals surface area (Å²) in [5.41, 5.74) is 0. The van der Waals surface area contributed by atoms with Gasteiger partial charge in [-0.05, 0) is 66.9 Å². The first kappa shape index (κ1) is 13.4. The highest BCUT2D eigenvalue weighted by atomic mass is 79.9. The highest BCUT2D eigenvalue weighted by molar-refractivity contribution is 9.10. The van der Waals surface area contributed by atoms with Gasteiger partial charge in [0, 0.05) is 28.5 Å². The average molecular weight is 315 g/mol. The monoisotopic (exact) mass is 314 g/mol. The number of hydrogen-bond donors (Lipinski definition) is 0. The number of rotatable bonds is 3. The molecule has 17 heavy (non-hydrogen) atoms. The minimum Gasteiger partial charge on any atom is -0.306 e. The van der Waals surface area contributed by atoms with Crippen molar-refractivity contribution in [3.8, 4) is 0 Å². The lowest BCUT2D eigenvalue weighted by molar-refractivity contribution is 0.203. The van der Waals surface area contributed by atoms with Gasteiger partial charge in [-0.2, -0.15) is 0 Å². The second-order valence-electron chi connectivity index (χ2n) is 4.65. The van der Waals surface area contributed by atoms with E-state index in [0.717, 1.165) is 6.04 Å². The summed E-state index contributed by atoms with van der Waals surface area (Å²) in [6, 6.07) is 9.19. The predicted octanol–water partition coefficient (Wildman–Crippen LogP) is 3.48. The number of piperidine rings is 1. The smallest absolute Gasteiger partial charge is 0.0372 e. The molecule has 1 fully saturated rings. The Morgan fingerprint density at radius 2 is 1.88 bits per heavy atom. The molecule has 0 radical (unpaired) electrons. The topological polar surface area (TPSA) is 6.48 Å². The first-order valence-electron chi connectivity index (χ1n) is 6.00. The number of nitrogens with zero attached hydrogens (tertiary/aromatic N) is 2. The van der Waals surface area contributed by atoms with E-state index >= 15 is 0 Å². The van der Waals surface area contributed by atoms with Gasteiger partial charge in [-0.25, -0.2) is 4.31 Å². The summed E-state index contributed by atoms with van der Waals surface area (Å²) in [6.07, 6.45) is 2.54. The molecular formula is C13H19BrN2S. The van der Waals surface area contributed by atoms with Gasteiger partial charge >= 0.3 is 0 Å². The van der Waals surface area contributed by atoms with Crippen LogP contribution in [0.15, 0.2) is 33.6 Å². The Hall–Kier alpha value is -0.0300. The average Bonchev–Trinajstić information content (AvgIpc) is 2.33. The maximum absolute atomic E-state index is 3.60. The Labute approximate surface area is 117 Å². The molecule has 1 aliphatic heterocycles. The quantitative estimate of drug-likeness (QED) is 0.789. The second kappa shape index (κ2) is 6.23. The molecule has 1 aliphatic rings. The molecule has 0 N–H and O–H groups in total. The Morgan fingerprint density at radius 3 is 2.47 bits per heavy atom. The molecule has 2 nitrogen and oxygen atoms in total. The number of hydrogen-bond acceptors (Lipinski definition) is 3. The Bertz CT molecular complexity index is 362. The van der Waals surface area contributed by atoms with Crippen LogP contribution in [0.5, 0.6) is 0 Å². The molecule has 0 amide bonds. The van der Waals surface area contributed by atoms with Crippen LogP contribution >= 0.6 is 27.9 Å². The number of halogens is 1. The van der Waals surface area contributed by atoms with Gasteiger partial charge < -0.3 is 4.90 Å². The van der Waals surface area contributed by atoms with E-state index in [1.54, 1.807) is 0 Å². The molecule has 1 heterocycles. The van der Waals surface area contributed by atoms with E-state index in [-0.39, 0.29) is 0 Å². The maximum Gasteiger partial charge on any atom is 0.0372 e. The molecule has 0 saturated carbocycles. The lowest BCUT2D eigenvalue weighted by Crippen LogP contribution is -2.39. The third-order valence-corrected chi connectivity index (χ3v) is 5.35. The maximum atomic E-state index is 3.60. The fourth-order valence-corrected chi connectivity index (χ4v) is 3.58. The van der Waals surface area contributed by atoms with Crippen LogP contribution in [0.25, 0.3) is 0 Å². The lowest BCUT2D eigenvalue weighted by Gasteiger charge is -2.34. The van der Waals surface area contributed by atoms with E-state index in [2.05, 4.69) is 63.5 Å². The molecule has 1 aromatic carbocycles. The van der Waals surface area contributed by atoms with Crippen molar-refractivity contribution in [3.63, 3.8) is 0 Å². The summed E-state index contributed by atoms with van der Waals surface area (Å²) in [5, 5.41) is 0. The molecule has 0 unspecified atom stereocenters. The largest absolute Gasteiger partial charge is 0.306 e. The predicted molar refractivity (Wildman–Crippen MR) is 78.3 cm³/mol. The number of benzene rings is 1. The molecule has 1 saturated heterocycles. The van der Waals surface area contributed by atoms with Crippen LogP contribution in [0.4, 0.5) is 0 Å². The summed E-state index contributed by atoms with van der Waals surface area (Å²) in [6.45, 7) is 2.35. The zero-order chi connectivity index (χ0) is 12.3. The Kier molecular flexibility index (Phi) is 4.91. The molecule has 1 aromatic rings. The molecule has 4 heteroatoms. The van der Waals surface area contributed by atoms with Gasteiger partial charge in [-0.1, -0.05) is 12.1 Å². The van der Waals surface area contributed by atoms with E-state index in [1.165, 1.54) is 35.3 Å². The van der Waals surface area contributed by atoms with Crippen LogP contribution in [0, 0.1) is 0 Å². The van der Waals surface area contributed by atoms with Crippen molar-refractivity contribution in [2.45, 2.75) is 23.8 Å². The van der Waals surface area contributed by atoms with Crippen molar-refractivity contribution in [3.05, 3.63) is 28.7 Å². The lowest BCUT2D eigenvalue weighted by atomic mass is 10.1. The highest BCUT2D eigenvalue weighted by Gasteiger charge is 2.21. The van der Waals surface area contributed by atoms with Crippen molar-refractivity contribution in [1.29, 1.82) is 0 Å². The van der Waals surface area contributed by atoms with Crippen molar-refractivity contribution in [2.24, 2.45) is 0 Å². The summed E-state index contributed by atoms with van der Waals surface area (Å²) in [4.78, 5) is 3.66. The van der Waals surface area contributed by atoms with Crippen LogP contribution in [-0.2, 0) is 0 Å². The van der Waals surface area contributed by atoms with Crippen LogP contribution in [0.2, 0.25) is 0 Å². The van der Waals surface area contributed by atoms with Crippen LogP contribution in [-0.4, -0.2) is 42.4 Å². The van der Waals surface area contributed by atoms with Crippen molar-refractivity contribution in [2.75, 3.05) is 27.2 Å². The minimum absolute atomic E-state index is 0.756. The van der Waals surface area contributed by atoms with Gasteiger partial charge in [0.05, 0.1) is 0 Å². The van der Waals surface area contributed by atoms with Gasteiger partial charge in [0.1, 0.15) is 0 Å². The molecule has 0 spiro atoms. The molecule has 0 bridgehead atoms. The van der Waals surface area contributed by atoms with E-state index in [1.807, 2.05) is 11.9 Å². The minimum atomic E-state index is 0.756. The molecule has 94 valence electrons. The van der Waals surface area contributed by atoms with Crippen molar-refractivity contribution < 1.29 is 0 Å². The summed E-state index contributed by atoms with van der Waals surface area (Å²) >= 11 is 5.48. The van der Waals surface area contributed by atoms with E-state index in [4.69, 9.17) is 0 Å². The van der Waals surface area contributed by atoms with Crippen LogP contribution < -0.4 is 0 Å². The fraction of sp³-hybridized carbons (Fsp3) is 0.538. The zero-order valence-electron chi connectivity index (χ0n) is 10.4. The molecule has 0 aliphatic carbocycles. The third kappa shape index (κ3) is 3.71. The molecular weight excluding hydrogens is 296 g/mol. The summed E-state index contributed by atoms with van der Waals surface area (Å²) in [7, 11) is 4.36. The third-order valence-electron chi connectivity index (χ3n) is 3.22. The Morgan fingerprint density at radius 1 is 1.24 bits per heavy atom.